The van der Waals surface area contributed by atoms with Crippen molar-refractivity contribution in [3.8, 4) is 0 Å². The summed E-state index contributed by atoms with van der Waals surface area (Å²) in [4.78, 5) is 16.2. The molecule has 108 valence electrons. The maximum absolute atomic E-state index is 12.8. The minimum atomic E-state index is -0.105. The highest BCUT2D eigenvalue weighted by Gasteiger charge is 2.23. The molecule has 0 spiro atoms. The topological polar surface area (TPSA) is 44.9 Å². The Kier molecular flexibility index (Phi) is 5.26. The second-order valence-electron chi connectivity index (χ2n) is 4.86. The highest BCUT2D eigenvalue weighted by molar-refractivity contribution is 7.98. The van der Waals surface area contributed by atoms with E-state index in [1.165, 1.54) is 0 Å². The summed E-state index contributed by atoms with van der Waals surface area (Å²) in [5, 5.41) is 4.20. The third-order valence-corrected chi connectivity index (χ3v) is 4.30. The van der Waals surface area contributed by atoms with E-state index in [4.69, 9.17) is 0 Å². The Morgan fingerprint density at radius 3 is 2.80 bits per heavy atom. The molecule has 2 N–H and O–H groups in total. The first-order valence-electron chi connectivity index (χ1n) is 7.02. The van der Waals surface area contributed by atoms with Crippen LogP contribution >= 0.6 is 11.8 Å². The molecule has 2 aromatic rings. The van der Waals surface area contributed by atoms with Crippen molar-refractivity contribution in [1.29, 1.82) is 0 Å². The van der Waals surface area contributed by atoms with E-state index >= 15 is 0 Å². The lowest BCUT2D eigenvalue weighted by Crippen LogP contribution is -2.35. The van der Waals surface area contributed by atoms with Gasteiger partial charge in [0.15, 0.2) is 5.78 Å². The molecule has 0 radical (unpaired) electrons. The predicted molar refractivity (Wildman–Crippen MR) is 87.9 cm³/mol. The van der Waals surface area contributed by atoms with Crippen LogP contribution in [0.2, 0.25) is 0 Å². The maximum Gasteiger partial charge on any atom is 0.182 e. The number of hydrogen-bond acceptors (Lipinski definition) is 3. The fourth-order valence-corrected chi connectivity index (χ4v) is 3.03. The van der Waals surface area contributed by atoms with Crippen LogP contribution < -0.4 is 5.32 Å². The van der Waals surface area contributed by atoms with Crippen LogP contribution in [0.1, 0.15) is 29.4 Å². The predicted octanol–water partition coefficient (Wildman–Crippen LogP) is 3.25. The quantitative estimate of drug-likeness (QED) is 0.769. The number of thioether (sulfide) groups is 1. The lowest BCUT2D eigenvalue weighted by Gasteiger charge is -2.15. The van der Waals surface area contributed by atoms with E-state index in [0.717, 1.165) is 40.8 Å². The number of likely N-dealkylation sites (N-methyl/N-ethyl adjacent to an activating group) is 1. The van der Waals surface area contributed by atoms with E-state index in [-0.39, 0.29) is 11.8 Å². The van der Waals surface area contributed by atoms with Gasteiger partial charge in [-0.2, -0.15) is 11.8 Å². The molecule has 0 unspecified atom stereocenters. The Labute approximate surface area is 124 Å². The number of fused-ring (bicyclic) bond motifs is 1. The van der Waals surface area contributed by atoms with Crippen LogP contribution in [0.4, 0.5) is 0 Å². The van der Waals surface area contributed by atoms with Crippen molar-refractivity contribution in [3.63, 3.8) is 0 Å². The monoisotopic (exact) mass is 290 g/mol. The van der Waals surface area contributed by atoms with Gasteiger partial charge in [-0.05, 0) is 38.0 Å². The van der Waals surface area contributed by atoms with Crippen molar-refractivity contribution in [2.24, 2.45) is 0 Å². The van der Waals surface area contributed by atoms with Gasteiger partial charge in [0, 0.05) is 22.2 Å². The first kappa shape index (κ1) is 15.1. The van der Waals surface area contributed by atoms with Gasteiger partial charge in [-0.1, -0.05) is 25.1 Å². The molecule has 4 heteroatoms. The van der Waals surface area contributed by atoms with Gasteiger partial charge in [-0.25, -0.2) is 0 Å². The van der Waals surface area contributed by atoms with Gasteiger partial charge in [-0.3, -0.25) is 4.79 Å². The van der Waals surface area contributed by atoms with Gasteiger partial charge in [0.2, 0.25) is 0 Å². The van der Waals surface area contributed by atoms with Gasteiger partial charge < -0.3 is 10.3 Å². The minimum Gasteiger partial charge on any atom is -0.358 e. The van der Waals surface area contributed by atoms with Crippen LogP contribution in [0.5, 0.6) is 0 Å². The zero-order chi connectivity index (χ0) is 14.5. The Morgan fingerprint density at radius 1 is 1.40 bits per heavy atom. The second kappa shape index (κ2) is 6.95. The molecule has 1 aromatic heterocycles. The van der Waals surface area contributed by atoms with Gasteiger partial charge in [0.25, 0.3) is 0 Å². The third-order valence-electron chi connectivity index (χ3n) is 3.66. The Hall–Kier alpha value is -1.26. The Bertz CT molecular complexity index is 591. The van der Waals surface area contributed by atoms with Crippen molar-refractivity contribution in [2.45, 2.75) is 25.8 Å². The van der Waals surface area contributed by atoms with E-state index in [1.54, 1.807) is 11.8 Å². The zero-order valence-electron chi connectivity index (χ0n) is 12.3. The van der Waals surface area contributed by atoms with Crippen molar-refractivity contribution >= 4 is 28.4 Å². The number of ketones is 1. The molecule has 1 aromatic carbocycles. The normalized spacial score (nSPS) is 12.8. The van der Waals surface area contributed by atoms with E-state index in [2.05, 4.69) is 23.5 Å². The number of benzene rings is 1. The molecule has 1 atom stereocenters. The molecule has 0 aliphatic heterocycles. The molecule has 1 heterocycles. The van der Waals surface area contributed by atoms with Crippen LogP contribution in [-0.4, -0.2) is 35.9 Å². The van der Waals surface area contributed by atoms with Crippen molar-refractivity contribution < 1.29 is 4.79 Å². The first-order valence-corrected chi connectivity index (χ1v) is 8.42. The number of aromatic nitrogens is 1. The molecule has 2 rings (SSSR count). The largest absolute Gasteiger partial charge is 0.358 e. The van der Waals surface area contributed by atoms with E-state index in [9.17, 15) is 4.79 Å². The smallest absolute Gasteiger partial charge is 0.182 e. The van der Waals surface area contributed by atoms with Gasteiger partial charge in [0.1, 0.15) is 0 Å². The number of para-hydroxylation sites is 1. The second-order valence-corrected chi connectivity index (χ2v) is 5.85. The first-order chi connectivity index (χ1) is 9.72. The van der Waals surface area contributed by atoms with Crippen molar-refractivity contribution in [3.05, 3.63) is 35.5 Å². The molecule has 20 heavy (non-hydrogen) atoms. The summed E-state index contributed by atoms with van der Waals surface area (Å²) in [6.45, 7) is 2.08. The van der Waals surface area contributed by atoms with E-state index in [1.807, 2.05) is 31.3 Å². The number of rotatable bonds is 7. The van der Waals surface area contributed by atoms with Gasteiger partial charge in [0.05, 0.1) is 6.04 Å². The van der Waals surface area contributed by atoms with Crippen molar-refractivity contribution in [2.75, 3.05) is 19.1 Å². The molecular formula is C16H22N2OS. The van der Waals surface area contributed by atoms with Crippen LogP contribution in [0.15, 0.2) is 24.3 Å². The number of aryl methyl sites for hydroxylation is 1. The number of hydrogen-bond donors (Lipinski definition) is 2. The minimum absolute atomic E-state index is 0.105. The maximum atomic E-state index is 12.8. The Balaban J connectivity index is 2.41. The molecule has 0 saturated carbocycles. The lowest BCUT2D eigenvalue weighted by atomic mass is 9.98. The molecular weight excluding hydrogens is 268 g/mol. The number of carbonyl (C=O) groups is 1. The summed E-state index contributed by atoms with van der Waals surface area (Å²) in [7, 11) is 1.86. The molecule has 0 saturated heterocycles. The SMILES string of the molecule is CCc1[nH]c2ccccc2c1C(=O)[C@H](CCSC)NC. The van der Waals surface area contributed by atoms with Crippen LogP contribution in [-0.2, 0) is 6.42 Å². The molecule has 0 aliphatic rings. The summed E-state index contributed by atoms with van der Waals surface area (Å²) in [5.41, 5.74) is 2.96. The summed E-state index contributed by atoms with van der Waals surface area (Å²) in [6, 6.07) is 7.94. The summed E-state index contributed by atoms with van der Waals surface area (Å²) >= 11 is 1.77. The van der Waals surface area contributed by atoms with Crippen molar-refractivity contribution in [1.82, 2.24) is 10.3 Å². The number of carbonyl (C=O) groups excluding carboxylic acids is 1. The molecule has 0 amide bonds. The molecule has 0 fully saturated rings. The standard InChI is InChI=1S/C16H22N2OS/c1-4-12-15(11-7-5-6-8-13(11)18-12)16(19)14(17-2)9-10-20-3/h5-8,14,17-18H,4,9-10H2,1-3H3/t14-/m0/s1. The number of H-pyrrole nitrogens is 1. The summed E-state index contributed by atoms with van der Waals surface area (Å²) in [6.07, 6.45) is 3.77. The van der Waals surface area contributed by atoms with Crippen LogP contribution in [0, 0.1) is 0 Å². The Morgan fingerprint density at radius 2 is 2.15 bits per heavy atom. The summed E-state index contributed by atoms with van der Waals surface area (Å²) < 4.78 is 0. The van der Waals surface area contributed by atoms with Gasteiger partial charge >= 0.3 is 0 Å². The highest BCUT2D eigenvalue weighted by Crippen LogP contribution is 2.25. The fraction of sp³-hybridized carbons (Fsp3) is 0.438. The molecule has 0 aliphatic carbocycles. The van der Waals surface area contributed by atoms with Crippen LogP contribution in [0.25, 0.3) is 10.9 Å². The average molecular weight is 290 g/mol. The average Bonchev–Trinajstić information content (AvgIpc) is 2.86. The lowest BCUT2D eigenvalue weighted by molar-refractivity contribution is 0.0946. The number of Topliss-reactive ketones (excluding diaryl/α,β-unsaturated/α-hetero) is 1. The zero-order valence-corrected chi connectivity index (χ0v) is 13.1. The van der Waals surface area contributed by atoms with E-state index < -0.39 is 0 Å². The summed E-state index contributed by atoms with van der Waals surface area (Å²) in [5.74, 6) is 1.19. The van der Waals surface area contributed by atoms with Gasteiger partial charge in [-0.15, -0.1) is 0 Å². The fourth-order valence-electron chi connectivity index (χ4n) is 2.56. The third kappa shape index (κ3) is 2.91. The van der Waals surface area contributed by atoms with E-state index in [0.29, 0.717) is 0 Å². The number of nitrogens with one attached hydrogen (secondary N) is 2. The van der Waals surface area contributed by atoms with Crippen LogP contribution in [0.3, 0.4) is 0 Å². The molecule has 0 bridgehead atoms. The highest BCUT2D eigenvalue weighted by atomic mass is 32.2. The number of aromatic amines is 1. The molecule has 3 nitrogen and oxygen atoms in total.